The van der Waals surface area contributed by atoms with Crippen LogP contribution in [-0.2, 0) is 14.8 Å². The van der Waals surface area contributed by atoms with Crippen molar-refractivity contribution in [3.8, 4) is 0 Å². The predicted molar refractivity (Wildman–Crippen MR) is 72.9 cm³/mol. The van der Waals surface area contributed by atoms with E-state index in [1.54, 1.807) is 0 Å². The minimum absolute atomic E-state index is 0.0465. The third-order valence-electron chi connectivity index (χ3n) is 3.37. The summed E-state index contributed by atoms with van der Waals surface area (Å²) < 4.78 is 45.2. The number of rotatable bonds is 3. The van der Waals surface area contributed by atoms with Crippen LogP contribution in [0.1, 0.15) is 13.3 Å². The molecule has 1 aromatic carbocycles. The molecule has 0 bridgehead atoms. The van der Waals surface area contributed by atoms with Crippen molar-refractivity contribution in [1.82, 2.24) is 4.31 Å². The fourth-order valence-corrected chi connectivity index (χ4v) is 3.88. The van der Waals surface area contributed by atoms with Gasteiger partial charge in [-0.3, -0.25) is 0 Å². The van der Waals surface area contributed by atoms with Crippen LogP contribution < -0.4 is 0 Å². The molecule has 0 spiro atoms. The topological polar surface area (TPSA) is 46.6 Å². The number of benzene rings is 1. The molecule has 0 N–H and O–H groups in total. The lowest BCUT2D eigenvalue weighted by Crippen LogP contribution is -2.40. The molecule has 1 aliphatic rings. The van der Waals surface area contributed by atoms with Gasteiger partial charge in [0.05, 0.1) is 21.5 Å². The standard InChI is InChI=1S/C12H15BrFNO3S/c1-8-12(5-6-18-8)15(2)19(16,17)9-3-4-10(13)11(14)7-9/h3-4,7-8,12H,5-6H2,1-2H3. The van der Waals surface area contributed by atoms with E-state index < -0.39 is 15.8 Å². The van der Waals surface area contributed by atoms with Crippen molar-refractivity contribution in [2.75, 3.05) is 13.7 Å². The van der Waals surface area contributed by atoms with Crippen LogP contribution in [0.3, 0.4) is 0 Å². The average Bonchev–Trinajstić information content (AvgIpc) is 2.77. The lowest BCUT2D eigenvalue weighted by Gasteiger charge is -2.26. The van der Waals surface area contributed by atoms with Gasteiger partial charge < -0.3 is 4.74 Å². The zero-order valence-corrected chi connectivity index (χ0v) is 13.0. The van der Waals surface area contributed by atoms with Gasteiger partial charge in [-0.1, -0.05) is 0 Å². The van der Waals surface area contributed by atoms with Crippen molar-refractivity contribution in [3.05, 3.63) is 28.5 Å². The smallest absolute Gasteiger partial charge is 0.243 e. The third-order valence-corrected chi connectivity index (χ3v) is 5.89. The molecule has 2 unspecified atom stereocenters. The molecule has 1 saturated heterocycles. The first kappa shape index (κ1) is 14.9. The van der Waals surface area contributed by atoms with Crippen LogP contribution in [0.15, 0.2) is 27.6 Å². The number of hydrogen-bond acceptors (Lipinski definition) is 3. The third kappa shape index (κ3) is 2.84. The lowest BCUT2D eigenvalue weighted by molar-refractivity contribution is 0.102. The van der Waals surface area contributed by atoms with Gasteiger partial charge in [-0.15, -0.1) is 0 Å². The van der Waals surface area contributed by atoms with Gasteiger partial charge in [-0.25, -0.2) is 12.8 Å². The van der Waals surface area contributed by atoms with E-state index in [9.17, 15) is 12.8 Å². The van der Waals surface area contributed by atoms with Crippen molar-refractivity contribution in [2.45, 2.75) is 30.4 Å². The van der Waals surface area contributed by atoms with E-state index in [2.05, 4.69) is 15.9 Å². The molecule has 0 radical (unpaired) electrons. The second-order valence-electron chi connectivity index (χ2n) is 4.53. The second-order valence-corrected chi connectivity index (χ2v) is 7.38. The molecule has 1 aliphatic heterocycles. The Morgan fingerprint density at radius 1 is 1.47 bits per heavy atom. The summed E-state index contributed by atoms with van der Waals surface area (Å²) in [7, 11) is -2.20. The second kappa shape index (κ2) is 5.47. The van der Waals surface area contributed by atoms with E-state index in [0.29, 0.717) is 13.0 Å². The van der Waals surface area contributed by atoms with Gasteiger partial charge in [0, 0.05) is 13.7 Å². The number of likely N-dealkylation sites (N-methyl/N-ethyl adjacent to an activating group) is 1. The molecule has 106 valence electrons. The van der Waals surface area contributed by atoms with Crippen molar-refractivity contribution in [3.63, 3.8) is 0 Å². The fourth-order valence-electron chi connectivity index (χ4n) is 2.18. The monoisotopic (exact) mass is 351 g/mol. The largest absolute Gasteiger partial charge is 0.377 e. The molecule has 0 amide bonds. The molecule has 7 heteroatoms. The normalized spacial score (nSPS) is 24.1. The molecule has 0 saturated carbocycles. The van der Waals surface area contributed by atoms with Gasteiger partial charge >= 0.3 is 0 Å². The van der Waals surface area contributed by atoms with Gasteiger partial charge in [0.2, 0.25) is 10.0 Å². The van der Waals surface area contributed by atoms with Gasteiger partial charge in [0.25, 0.3) is 0 Å². The number of nitrogens with zero attached hydrogens (tertiary/aromatic N) is 1. The van der Waals surface area contributed by atoms with Crippen molar-refractivity contribution in [2.24, 2.45) is 0 Å². The van der Waals surface area contributed by atoms with Gasteiger partial charge in [-0.05, 0) is 47.5 Å². The molecule has 1 heterocycles. The summed E-state index contributed by atoms with van der Waals surface area (Å²) in [4.78, 5) is -0.0465. The van der Waals surface area contributed by atoms with Gasteiger partial charge in [0.15, 0.2) is 0 Å². The highest BCUT2D eigenvalue weighted by Gasteiger charge is 2.35. The van der Waals surface area contributed by atoms with Crippen LogP contribution in [0.5, 0.6) is 0 Å². The molecule has 2 rings (SSSR count). The minimum Gasteiger partial charge on any atom is -0.377 e. The van der Waals surface area contributed by atoms with E-state index in [1.807, 2.05) is 6.92 Å². The van der Waals surface area contributed by atoms with Crippen LogP contribution in [-0.4, -0.2) is 38.5 Å². The summed E-state index contributed by atoms with van der Waals surface area (Å²) in [6, 6.07) is 3.59. The van der Waals surface area contributed by atoms with Gasteiger partial charge in [-0.2, -0.15) is 4.31 Å². The Bertz CT molecular complexity index is 578. The van der Waals surface area contributed by atoms with E-state index in [0.717, 1.165) is 6.07 Å². The Hall–Kier alpha value is -0.500. The molecule has 2 atom stereocenters. The van der Waals surface area contributed by atoms with E-state index >= 15 is 0 Å². The number of ether oxygens (including phenoxy) is 1. The SMILES string of the molecule is CC1OCCC1N(C)S(=O)(=O)c1ccc(Br)c(F)c1. The Balaban J connectivity index is 2.33. The molecule has 1 aromatic rings. The quantitative estimate of drug-likeness (QED) is 0.839. The van der Waals surface area contributed by atoms with Crippen LogP contribution in [0.25, 0.3) is 0 Å². The molecule has 0 aromatic heterocycles. The number of sulfonamides is 1. The highest BCUT2D eigenvalue weighted by molar-refractivity contribution is 9.10. The molecule has 19 heavy (non-hydrogen) atoms. The summed E-state index contributed by atoms with van der Waals surface area (Å²) in [6.45, 7) is 2.38. The van der Waals surface area contributed by atoms with Crippen molar-refractivity contribution in [1.29, 1.82) is 0 Å². The van der Waals surface area contributed by atoms with Crippen LogP contribution in [0.2, 0.25) is 0 Å². The Labute approximate surface area is 120 Å². The highest BCUT2D eigenvalue weighted by atomic mass is 79.9. The Kier molecular flexibility index (Phi) is 4.29. The predicted octanol–water partition coefficient (Wildman–Crippen LogP) is 2.39. The Morgan fingerprint density at radius 2 is 2.16 bits per heavy atom. The van der Waals surface area contributed by atoms with E-state index in [4.69, 9.17) is 4.74 Å². The zero-order valence-electron chi connectivity index (χ0n) is 10.6. The van der Waals surface area contributed by atoms with E-state index in [1.165, 1.54) is 23.5 Å². The molecule has 0 aliphatic carbocycles. The molecular formula is C12H15BrFNO3S. The fraction of sp³-hybridized carbons (Fsp3) is 0.500. The number of hydrogen-bond donors (Lipinski definition) is 0. The molecular weight excluding hydrogens is 337 g/mol. The first-order chi connectivity index (χ1) is 8.84. The highest BCUT2D eigenvalue weighted by Crippen LogP contribution is 2.26. The summed E-state index contributed by atoms with van der Waals surface area (Å²) in [5.74, 6) is -0.592. The summed E-state index contributed by atoms with van der Waals surface area (Å²) in [6.07, 6.45) is 0.496. The van der Waals surface area contributed by atoms with Crippen LogP contribution in [0.4, 0.5) is 4.39 Å². The van der Waals surface area contributed by atoms with E-state index in [-0.39, 0.29) is 21.5 Å². The molecule has 4 nitrogen and oxygen atoms in total. The van der Waals surface area contributed by atoms with Crippen LogP contribution >= 0.6 is 15.9 Å². The van der Waals surface area contributed by atoms with Crippen LogP contribution in [0, 0.1) is 5.82 Å². The number of halogens is 2. The lowest BCUT2D eigenvalue weighted by atomic mass is 10.2. The molecule has 1 fully saturated rings. The summed E-state index contributed by atoms with van der Waals surface area (Å²) in [5.41, 5.74) is 0. The first-order valence-electron chi connectivity index (χ1n) is 5.88. The first-order valence-corrected chi connectivity index (χ1v) is 8.12. The average molecular weight is 352 g/mol. The summed E-state index contributed by atoms with van der Waals surface area (Å²) in [5, 5.41) is 0. The minimum atomic E-state index is -3.70. The maximum atomic E-state index is 13.5. The van der Waals surface area contributed by atoms with Crippen molar-refractivity contribution < 1.29 is 17.5 Å². The zero-order chi connectivity index (χ0) is 14.2. The van der Waals surface area contributed by atoms with Gasteiger partial charge in [0.1, 0.15) is 5.82 Å². The maximum Gasteiger partial charge on any atom is 0.243 e. The van der Waals surface area contributed by atoms with Crippen molar-refractivity contribution >= 4 is 26.0 Å². The maximum absolute atomic E-state index is 13.5. The summed E-state index contributed by atoms with van der Waals surface area (Å²) >= 11 is 3.01. The Morgan fingerprint density at radius 3 is 2.68 bits per heavy atom.